The van der Waals surface area contributed by atoms with Crippen LogP contribution in [0.2, 0.25) is 0 Å². The molecule has 0 saturated carbocycles. The normalized spacial score (nSPS) is 11.3. The van der Waals surface area contributed by atoms with Gasteiger partial charge in [0.2, 0.25) is 0 Å². The fraction of sp³-hybridized carbons (Fsp3) is 0.100. The monoisotopic (exact) mass is 410 g/mol. The number of hydrogen-bond acceptors (Lipinski definition) is 7. The number of ether oxygens (including phenoxy) is 1. The lowest BCUT2D eigenvalue weighted by Crippen LogP contribution is -2.16. The number of para-hydroxylation sites is 2. The molecule has 2 aromatic carbocycles. The van der Waals surface area contributed by atoms with Crippen LogP contribution in [0.25, 0.3) is 11.0 Å². The van der Waals surface area contributed by atoms with E-state index in [0.717, 1.165) is 0 Å². The summed E-state index contributed by atoms with van der Waals surface area (Å²) in [7, 11) is -2.36. The van der Waals surface area contributed by atoms with E-state index in [9.17, 15) is 8.42 Å². The molecule has 2 N–H and O–H groups in total. The van der Waals surface area contributed by atoms with Crippen LogP contribution in [0.1, 0.15) is 5.76 Å². The van der Waals surface area contributed by atoms with E-state index in [0.29, 0.717) is 34.9 Å². The second-order valence-electron chi connectivity index (χ2n) is 6.12. The van der Waals surface area contributed by atoms with Crippen molar-refractivity contribution in [2.75, 3.05) is 17.1 Å². The number of fused-ring (bicyclic) bond motifs is 1. The molecule has 0 bridgehead atoms. The SMILES string of the molecule is COc1ccc(S(=O)(=O)Nc2nc3ccccc3nc2NCc2ccco2)cc1. The Bertz CT molecular complexity index is 1220. The Morgan fingerprint density at radius 2 is 1.62 bits per heavy atom. The minimum absolute atomic E-state index is 0.0882. The number of nitrogens with one attached hydrogen (secondary N) is 2. The van der Waals surface area contributed by atoms with Crippen LogP contribution in [0, 0.1) is 0 Å². The molecule has 2 heterocycles. The molecule has 0 atom stereocenters. The molecule has 0 aliphatic rings. The van der Waals surface area contributed by atoms with Gasteiger partial charge in [0.15, 0.2) is 11.6 Å². The van der Waals surface area contributed by atoms with Gasteiger partial charge in [-0.1, -0.05) is 12.1 Å². The zero-order valence-corrected chi connectivity index (χ0v) is 16.3. The topological polar surface area (TPSA) is 106 Å². The third-order valence-corrected chi connectivity index (χ3v) is 5.54. The molecular weight excluding hydrogens is 392 g/mol. The predicted molar refractivity (Wildman–Crippen MR) is 109 cm³/mol. The number of sulfonamides is 1. The molecule has 2 aromatic heterocycles. The molecule has 9 heteroatoms. The number of benzene rings is 2. The van der Waals surface area contributed by atoms with Crippen molar-refractivity contribution in [1.29, 1.82) is 0 Å². The molecule has 4 rings (SSSR count). The van der Waals surface area contributed by atoms with Crippen molar-refractivity contribution >= 4 is 32.7 Å². The minimum atomic E-state index is -3.87. The summed E-state index contributed by atoms with van der Waals surface area (Å²) in [6.07, 6.45) is 1.57. The number of aromatic nitrogens is 2. The van der Waals surface area contributed by atoms with Crippen molar-refractivity contribution in [3.63, 3.8) is 0 Å². The van der Waals surface area contributed by atoms with E-state index in [1.807, 2.05) is 24.3 Å². The number of rotatable bonds is 7. The lowest BCUT2D eigenvalue weighted by molar-refractivity contribution is 0.414. The molecule has 0 aliphatic carbocycles. The van der Waals surface area contributed by atoms with Gasteiger partial charge in [-0.15, -0.1) is 0 Å². The van der Waals surface area contributed by atoms with Gasteiger partial charge in [0, 0.05) is 0 Å². The van der Waals surface area contributed by atoms with Crippen molar-refractivity contribution in [3.05, 3.63) is 72.7 Å². The summed E-state index contributed by atoms with van der Waals surface area (Å²) in [4.78, 5) is 9.05. The van der Waals surface area contributed by atoms with E-state index in [2.05, 4.69) is 20.0 Å². The van der Waals surface area contributed by atoms with Crippen LogP contribution in [0.3, 0.4) is 0 Å². The molecular formula is C20H18N4O4S. The zero-order chi connectivity index (χ0) is 20.3. The summed E-state index contributed by atoms with van der Waals surface area (Å²) in [5.74, 6) is 1.66. The largest absolute Gasteiger partial charge is 0.497 e. The van der Waals surface area contributed by atoms with Crippen LogP contribution in [0.5, 0.6) is 5.75 Å². The van der Waals surface area contributed by atoms with Crippen molar-refractivity contribution < 1.29 is 17.6 Å². The van der Waals surface area contributed by atoms with Crippen molar-refractivity contribution in [3.8, 4) is 5.75 Å². The van der Waals surface area contributed by atoms with Crippen LogP contribution in [-0.4, -0.2) is 25.5 Å². The van der Waals surface area contributed by atoms with Gasteiger partial charge in [-0.2, -0.15) is 0 Å². The van der Waals surface area contributed by atoms with E-state index in [4.69, 9.17) is 9.15 Å². The summed E-state index contributed by atoms with van der Waals surface area (Å²) in [5, 5.41) is 3.09. The predicted octanol–water partition coefficient (Wildman–Crippen LogP) is 3.64. The quantitative estimate of drug-likeness (QED) is 0.479. The van der Waals surface area contributed by atoms with Crippen LogP contribution < -0.4 is 14.8 Å². The van der Waals surface area contributed by atoms with Crippen LogP contribution in [0.4, 0.5) is 11.6 Å². The maximum Gasteiger partial charge on any atom is 0.263 e. The molecule has 0 fully saturated rings. The average molecular weight is 410 g/mol. The highest BCUT2D eigenvalue weighted by Gasteiger charge is 2.19. The second kappa shape index (κ2) is 7.80. The summed E-state index contributed by atoms with van der Waals surface area (Å²) >= 11 is 0. The number of methoxy groups -OCH3 is 1. The Labute approximate surface area is 167 Å². The van der Waals surface area contributed by atoms with Crippen molar-refractivity contribution in [2.24, 2.45) is 0 Å². The smallest absolute Gasteiger partial charge is 0.263 e. The van der Waals surface area contributed by atoms with E-state index >= 15 is 0 Å². The van der Waals surface area contributed by atoms with Gasteiger partial charge in [0.05, 0.1) is 35.8 Å². The Balaban J connectivity index is 1.69. The van der Waals surface area contributed by atoms with Crippen molar-refractivity contribution in [1.82, 2.24) is 9.97 Å². The van der Waals surface area contributed by atoms with E-state index in [-0.39, 0.29) is 10.7 Å². The van der Waals surface area contributed by atoms with Crippen molar-refractivity contribution in [2.45, 2.75) is 11.4 Å². The summed E-state index contributed by atoms with van der Waals surface area (Å²) in [6.45, 7) is 0.331. The minimum Gasteiger partial charge on any atom is -0.497 e. The third kappa shape index (κ3) is 4.14. The van der Waals surface area contributed by atoms with Gasteiger partial charge >= 0.3 is 0 Å². The highest BCUT2D eigenvalue weighted by molar-refractivity contribution is 7.92. The fourth-order valence-corrected chi connectivity index (χ4v) is 3.73. The number of hydrogen-bond donors (Lipinski definition) is 2. The average Bonchev–Trinajstić information content (AvgIpc) is 3.25. The van der Waals surface area contributed by atoms with E-state index < -0.39 is 10.0 Å². The Kier molecular flexibility index (Phi) is 5.05. The maximum absolute atomic E-state index is 12.9. The van der Waals surface area contributed by atoms with Gasteiger partial charge in [-0.05, 0) is 48.5 Å². The molecule has 0 radical (unpaired) electrons. The number of anilines is 2. The highest BCUT2D eigenvalue weighted by Crippen LogP contribution is 2.25. The molecule has 148 valence electrons. The first-order valence-electron chi connectivity index (χ1n) is 8.75. The number of nitrogens with zero attached hydrogens (tertiary/aromatic N) is 2. The molecule has 0 saturated heterocycles. The van der Waals surface area contributed by atoms with Gasteiger partial charge in [-0.25, -0.2) is 18.4 Å². The van der Waals surface area contributed by atoms with Crippen LogP contribution in [-0.2, 0) is 16.6 Å². The lowest BCUT2D eigenvalue weighted by atomic mass is 10.3. The third-order valence-electron chi connectivity index (χ3n) is 4.18. The van der Waals surface area contributed by atoms with E-state index in [1.54, 1.807) is 30.5 Å². The van der Waals surface area contributed by atoms with Gasteiger partial charge in [0.25, 0.3) is 10.0 Å². The van der Waals surface area contributed by atoms with Crippen LogP contribution in [0.15, 0.2) is 76.2 Å². The molecule has 0 unspecified atom stereocenters. The molecule has 4 aromatic rings. The summed E-state index contributed by atoms with van der Waals surface area (Å²) < 4.78 is 38.6. The molecule has 29 heavy (non-hydrogen) atoms. The fourth-order valence-electron chi connectivity index (χ4n) is 2.72. The molecule has 0 aliphatic heterocycles. The van der Waals surface area contributed by atoms with Gasteiger partial charge in [-0.3, -0.25) is 4.72 Å². The Morgan fingerprint density at radius 3 is 2.24 bits per heavy atom. The maximum atomic E-state index is 12.9. The van der Waals surface area contributed by atoms with E-state index in [1.165, 1.54) is 19.2 Å². The number of furan rings is 1. The first kappa shape index (κ1) is 18.8. The highest BCUT2D eigenvalue weighted by atomic mass is 32.2. The lowest BCUT2D eigenvalue weighted by Gasteiger charge is -2.13. The Morgan fingerprint density at radius 1 is 0.931 bits per heavy atom. The molecule has 0 amide bonds. The first-order valence-corrected chi connectivity index (χ1v) is 10.2. The van der Waals surface area contributed by atoms with Crippen LogP contribution >= 0.6 is 0 Å². The first-order chi connectivity index (χ1) is 14.0. The van der Waals surface area contributed by atoms with Gasteiger partial charge < -0.3 is 14.5 Å². The second-order valence-corrected chi connectivity index (χ2v) is 7.81. The summed E-state index contributed by atoms with van der Waals surface area (Å²) in [6, 6.07) is 16.9. The van der Waals surface area contributed by atoms with Gasteiger partial charge in [0.1, 0.15) is 11.5 Å². The zero-order valence-electron chi connectivity index (χ0n) is 15.5. The molecule has 8 nitrogen and oxygen atoms in total. The Hall–Kier alpha value is -3.59. The standard InChI is InChI=1S/C20H18N4O4S/c1-27-14-8-10-16(11-9-14)29(25,26)24-20-19(21-13-15-5-4-12-28-15)22-17-6-2-3-7-18(17)23-20/h2-12H,13H2,1H3,(H,21,22)(H,23,24). The summed E-state index contributed by atoms with van der Waals surface area (Å²) in [5.41, 5.74) is 1.21. The molecule has 0 spiro atoms.